The first kappa shape index (κ1) is 20.7. The fourth-order valence-electron chi connectivity index (χ4n) is 3.99. The van der Waals surface area contributed by atoms with E-state index in [1.165, 1.54) is 29.7 Å². The molecule has 0 radical (unpaired) electrons. The van der Waals surface area contributed by atoms with Crippen molar-refractivity contribution in [3.63, 3.8) is 0 Å². The predicted molar refractivity (Wildman–Crippen MR) is 112 cm³/mol. The van der Waals surface area contributed by atoms with Crippen LogP contribution >= 0.6 is 0 Å². The maximum absolute atomic E-state index is 5.22. The lowest BCUT2D eigenvalue weighted by Crippen LogP contribution is -2.48. The molecule has 1 fully saturated rings. The highest BCUT2D eigenvalue weighted by atomic mass is 16.5. The number of piperazine rings is 1. The number of ether oxygens (including phenoxy) is 1. The van der Waals surface area contributed by atoms with Crippen LogP contribution in [-0.4, -0.2) is 65.0 Å². The van der Waals surface area contributed by atoms with Gasteiger partial charge in [-0.3, -0.25) is 4.90 Å². The molecule has 7 heteroatoms. The first-order chi connectivity index (χ1) is 13.6. The van der Waals surface area contributed by atoms with Crippen LogP contribution in [0.2, 0.25) is 0 Å². The van der Waals surface area contributed by atoms with Gasteiger partial charge in [-0.25, -0.2) is 4.68 Å². The minimum Gasteiger partial charge on any atom is -0.383 e. The molecule has 2 aromatic rings. The first-order valence-electron chi connectivity index (χ1n) is 10.4. The zero-order valence-corrected chi connectivity index (χ0v) is 17.8. The molecule has 0 spiro atoms. The van der Waals surface area contributed by atoms with E-state index in [1.807, 2.05) is 4.68 Å². The number of unbranched alkanes of at least 4 members (excludes halogenated alkanes) is 1. The second-order valence-electron chi connectivity index (χ2n) is 7.72. The van der Waals surface area contributed by atoms with Crippen LogP contribution in [0.4, 0.5) is 5.69 Å². The number of methoxy groups -OCH3 is 1. The normalized spacial score (nSPS) is 16.5. The van der Waals surface area contributed by atoms with Gasteiger partial charge in [-0.1, -0.05) is 31.9 Å². The van der Waals surface area contributed by atoms with Crippen LogP contribution in [0.25, 0.3) is 0 Å². The summed E-state index contributed by atoms with van der Waals surface area (Å²) in [5.41, 5.74) is 4.04. The highest BCUT2D eigenvalue weighted by Gasteiger charge is 2.29. The maximum Gasteiger partial charge on any atom is 0.168 e. The van der Waals surface area contributed by atoms with Crippen LogP contribution < -0.4 is 4.90 Å². The Morgan fingerprint density at radius 1 is 1.14 bits per heavy atom. The molecule has 0 bridgehead atoms. The van der Waals surface area contributed by atoms with Crippen LogP contribution in [0.3, 0.4) is 0 Å². The summed E-state index contributed by atoms with van der Waals surface area (Å²) in [4.78, 5) is 5.08. The van der Waals surface area contributed by atoms with Crippen LogP contribution in [0, 0.1) is 13.8 Å². The lowest BCUT2D eigenvalue weighted by Gasteiger charge is -2.40. The number of rotatable bonds is 9. The Kier molecular flexibility index (Phi) is 7.39. The number of nitrogens with zero attached hydrogens (tertiary/aromatic N) is 6. The quantitative estimate of drug-likeness (QED) is 0.660. The molecular weight excluding hydrogens is 352 g/mol. The Morgan fingerprint density at radius 2 is 1.93 bits per heavy atom. The molecule has 1 aliphatic rings. The molecule has 0 amide bonds. The summed E-state index contributed by atoms with van der Waals surface area (Å²) in [5, 5.41) is 12.5. The van der Waals surface area contributed by atoms with Gasteiger partial charge in [0.15, 0.2) is 5.82 Å². The van der Waals surface area contributed by atoms with Crippen LogP contribution in [0.15, 0.2) is 18.2 Å². The molecule has 2 heterocycles. The molecule has 1 aliphatic heterocycles. The molecule has 1 saturated heterocycles. The zero-order valence-electron chi connectivity index (χ0n) is 17.8. The van der Waals surface area contributed by atoms with Crippen LogP contribution in [-0.2, 0) is 11.3 Å². The van der Waals surface area contributed by atoms with E-state index in [-0.39, 0.29) is 6.04 Å². The van der Waals surface area contributed by atoms with E-state index in [9.17, 15) is 0 Å². The number of benzene rings is 1. The van der Waals surface area contributed by atoms with E-state index >= 15 is 0 Å². The van der Waals surface area contributed by atoms with E-state index in [1.54, 1.807) is 7.11 Å². The molecule has 1 aromatic carbocycles. The van der Waals surface area contributed by atoms with Gasteiger partial charge >= 0.3 is 0 Å². The molecule has 0 N–H and O–H groups in total. The fourth-order valence-corrected chi connectivity index (χ4v) is 3.99. The van der Waals surface area contributed by atoms with Crippen molar-refractivity contribution >= 4 is 5.69 Å². The zero-order chi connectivity index (χ0) is 19.9. The number of hydrogen-bond donors (Lipinski definition) is 0. The Morgan fingerprint density at radius 3 is 2.64 bits per heavy atom. The average Bonchev–Trinajstić information content (AvgIpc) is 3.17. The van der Waals surface area contributed by atoms with Gasteiger partial charge in [-0.2, -0.15) is 0 Å². The van der Waals surface area contributed by atoms with Gasteiger partial charge in [0.2, 0.25) is 0 Å². The summed E-state index contributed by atoms with van der Waals surface area (Å²) in [5.74, 6) is 0.977. The highest BCUT2D eigenvalue weighted by molar-refractivity contribution is 5.55. The fraction of sp³-hybridized carbons (Fsp3) is 0.667. The minimum absolute atomic E-state index is 0.271. The van der Waals surface area contributed by atoms with E-state index in [4.69, 9.17) is 4.74 Å². The van der Waals surface area contributed by atoms with Gasteiger partial charge < -0.3 is 9.64 Å². The number of aryl methyl sites for hydroxylation is 2. The lowest BCUT2D eigenvalue weighted by atomic mass is 10.1. The molecule has 1 atom stereocenters. The molecule has 1 aromatic heterocycles. The summed E-state index contributed by atoms with van der Waals surface area (Å²) in [7, 11) is 1.71. The van der Waals surface area contributed by atoms with E-state index < -0.39 is 0 Å². The summed E-state index contributed by atoms with van der Waals surface area (Å²) >= 11 is 0. The van der Waals surface area contributed by atoms with Crippen molar-refractivity contribution in [3.05, 3.63) is 35.2 Å². The molecule has 0 saturated carbocycles. The molecule has 0 aliphatic carbocycles. The molecule has 7 nitrogen and oxygen atoms in total. The number of hydrogen-bond acceptors (Lipinski definition) is 6. The third-order valence-corrected chi connectivity index (χ3v) is 5.66. The lowest BCUT2D eigenvalue weighted by molar-refractivity contribution is 0.152. The van der Waals surface area contributed by atoms with Crippen molar-refractivity contribution in [3.8, 4) is 0 Å². The highest BCUT2D eigenvalue weighted by Crippen LogP contribution is 2.28. The summed E-state index contributed by atoms with van der Waals surface area (Å²) in [6, 6.07) is 7.00. The second-order valence-corrected chi connectivity index (χ2v) is 7.72. The van der Waals surface area contributed by atoms with Crippen molar-refractivity contribution in [2.45, 2.75) is 52.6 Å². The largest absolute Gasteiger partial charge is 0.383 e. The first-order valence-corrected chi connectivity index (χ1v) is 10.4. The third kappa shape index (κ3) is 4.89. The van der Waals surface area contributed by atoms with E-state index in [0.717, 1.165) is 38.4 Å². The molecular formula is C21H34N6O. The summed E-state index contributed by atoms with van der Waals surface area (Å²) in [6.07, 6.45) is 3.45. The minimum atomic E-state index is 0.271. The van der Waals surface area contributed by atoms with Crippen molar-refractivity contribution < 1.29 is 4.74 Å². The van der Waals surface area contributed by atoms with Crippen molar-refractivity contribution in [1.82, 2.24) is 25.1 Å². The molecule has 3 rings (SSSR count). The topological polar surface area (TPSA) is 59.3 Å². The van der Waals surface area contributed by atoms with Crippen molar-refractivity contribution in [2.24, 2.45) is 0 Å². The number of tetrazole rings is 1. The molecule has 0 unspecified atom stereocenters. The van der Waals surface area contributed by atoms with Crippen molar-refractivity contribution in [1.29, 1.82) is 0 Å². The summed E-state index contributed by atoms with van der Waals surface area (Å²) < 4.78 is 7.14. The van der Waals surface area contributed by atoms with Gasteiger partial charge in [0.25, 0.3) is 0 Å². The monoisotopic (exact) mass is 386 g/mol. The van der Waals surface area contributed by atoms with Gasteiger partial charge in [0.05, 0.1) is 19.2 Å². The van der Waals surface area contributed by atoms with E-state index in [0.29, 0.717) is 13.2 Å². The molecule has 28 heavy (non-hydrogen) atoms. The maximum atomic E-state index is 5.22. The van der Waals surface area contributed by atoms with E-state index in [2.05, 4.69) is 64.3 Å². The van der Waals surface area contributed by atoms with Crippen molar-refractivity contribution in [2.75, 3.05) is 44.8 Å². The van der Waals surface area contributed by atoms with Gasteiger partial charge in [-0.05, 0) is 47.9 Å². The smallest absolute Gasteiger partial charge is 0.168 e. The SMILES string of the molecule is CCCC[C@H](c1nnnn1CCOC)N1CCN(c2cc(C)ccc2C)CC1. The number of aromatic nitrogens is 4. The Hall–Kier alpha value is -1.99. The van der Waals surface area contributed by atoms with Crippen LogP contribution in [0.1, 0.15) is 49.2 Å². The summed E-state index contributed by atoms with van der Waals surface area (Å²) in [6.45, 7) is 12.1. The van der Waals surface area contributed by atoms with Gasteiger partial charge in [0, 0.05) is 39.0 Å². The Balaban J connectivity index is 1.71. The standard InChI is InChI=1S/C21H34N6O/c1-5-6-7-19(21-22-23-24-27(21)14-15-28-4)25-10-12-26(13-11-25)20-16-17(2)8-9-18(20)3/h8-9,16,19H,5-7,10-15H2,1-4H3/t19-/m1/s1. The average molecular weight is 387 g/mol. The number of anilines is 1. The third-order valence-electron chi connectivity index (χ3n) is 5.66. The Labute approximate surface area is 168 Å². The second kappa shape index (κ2) is 9.98. The van der Waals surface area contributed by atoms with Gasteiger partial charge in [-0.15, -0.1) is 5.10 Å². The predicted octanol–water partition coefficient (Wildman–Crippen LogP) is 2.99. The van der Waals surface area contributed by atoms with Gasteiger partial charge in [0.1, 0.15) is 0 Å². The van der Waals surface area contributed by atoms with Crippen LogP contribution in [0.5, 0.6) is 0 Å². The Bertz CT molecular complexity index is 738. The molecule has 154 valence electrons.